The van der Waals surface area contributed by atoms with Crippen molar-refractivity contribution in [1.29, 1.82) is 0 Å². The maximum atomic E-state index is 11.5. The van der Waals surface area contributed by atoms with E-state index in [1.165, 1.54) is 0 Å². The third kappa shape index (κ3) is 2.30. The van der Waals surface area contributed by atoms with E-state index in [9.17, 15) is 14.7 Å². The second kappa shape index (κ2) is 4.84. The molecule has 1 aromatic carbocycles. The van der Waals surface area contributed by atoms with Crippen LogP contribution in [0.3, 0.4) is 0 Å². The highest BCUT2D eigenvalue weighted by molar-refractivity contribution is 5.16. The first-order valence-corrected chi connectivity index (χ1v) is 5.21. The van der Waals surface area contributed by atoms with Gasteiger partial charge >= 0.3 is 11.2 Å². The minimum absolute atomic E-state index is 0.0509. The van der Waals surface area contributed by atoms with E-state index < -0.39 is 17.4 Å². The van der Waals surface area contributed by atoms with Crippen LogP contribution in [0.1, 0.15) is 11.7 Å². The second-order valence-corrected chi connectivity index (χ2v) is 3.69. The lowest BCUT2D eigenvalue weighted by Crippen LogP contribution is -2.40. The largest absolute Gasteiger partial charge is 0.421 e. The molecule has 2 aromatic rings. The molecule has 0 aliphatic rings. The molecule has 0 saturated heterocycles. The minimum Gasteiger partial charge on any atom is -0.421 e. The van der Waals surface area contributed by atoms with Crippen molar-refractivity contribution in [3.05, 3.63) is 62.9 Å². The fraction of sp³-hybridized carbons (Fsp3) is 0.182. The van der Waals surface area contributed by atoms with Gasteiger partial charge in [-0.2, -0.15) is 5.10 Å². The summed E-state index contributed by atoms with van der Waals surface area (Å²) in [6, 6.07) is 8.70. The third-order valence-corrected chi connectivity index (χ3v) is 2.45. The molecule has 7 nitrogen and oxygen atoms in total. The lowest BCUT2D eigenvalue weighted by molar-refractivity contribution is 0.123. The van der Waals surface area contributed by atoms with Crippen LogP contribution in [0.25, 0.3) is 0 Å². The number of aliphatic hydroxyl groups is 1. The Labute approximate surface area is 101 Å². The molecule has 2 rings (SSSR count). The van der Waals surface area contributed by atoms with Crippen LogP contribution in [0.2, 0.25) is 0 Å². The smallest absolute Gasteiger partial charge is 0.380 e. The SMILES string of the molecule is O=c1cnn(CC(O)c2ccccc2)c(=O)n1O. The van der Waals surface area contributed by atoms with Gasteiger partial charge in [-0.1, -0.05) is 35.1 Å². The summed E-state index contributed by atoms with van der Waals surface area (Å²) in [6.45, 7) is -0.149. The van der Waals surface area contributed by atoms with Crippen LogP contribution < -0.4 is 11.2 Å². The molecule has 1 atom stereocenters. The lowest BCUT2D eigenvalue weighted by Gasteiger charge is -2.11. The number of aromatic nitrogens is 3. The number of benzene rings is 1. The predicted octanol–water partition coefficient (Wildman–Crippen LogP) is -0.624. The summed E-state index contributed by atoms with van der Waals surface area (Å²) in [6.07, 6.45) is -0.145. The van der Waals surface area contributed by atoms with Gasteiger partial charge in [-0.15, -0.1) is 0 Å². The van der Waals surface area contributed by atoms with Crippen molar-refractivity contribution in [2.45, 2.75) is 12.6 Å². The number of hydrogen-bond acceptors (Lipinski definition) is 5. The number of rotatable bonds is 3. The third-order valence-electron chi connectivity index (χ3n) is 2.45. The van der Waals surface area contributed by atoms with E-state index in [1.54, 1.807) is 30.3 Å². The maximum Gasteiger partial charge on any atom is 0.380 e. The molecule has 0 aliphatic carbocycles. The van der Waals surface area contributed by atoms with E-state index in [2.05, 4.69) is 5.10 Å². The first-order chi connectivity index (χ1) is 8.59. The Morgan fingerprint density at radius 2 is 1.89 bits per heavy atom. The zero-order valence-electron chi connectivity index (χ0n) is 9.30. The molecule has 0 fully saturated rings. The van der Waals surface area contributed by atoms with Crippen LogP contribution in [0.4, 0.5) is 0 Å². The van der Waals surface area contributed by atoms with E-state index in [1.807, 2.05) is 0 Å². The van der Waals surface area contributed by atoms with E-state index in [0.29, 0.717) is 5.56 Å². The van der Waals surface area contributed by atoms with Crippen molar-refractivity contribution in [3.63, 3.8) is 0 Å². The Kier molecular flexibility index (Phi) is 3.24. The second-order valence-electron chi connectivity index (χ2n) is 3.69. The molecule has 0 radical (unpaired) electrons. The molecule has 0 aliphatic heterocycles. The summed E-state index contributed by atoms with van der Waals surface area (Å²) in [4.78, 5) is 22.4. The Morgan fingerprint density at radius 1 is 1.22 bits per heavy atom. The van der Waals surface area contributed by atoms with Crippen molar-refractivity contribution >= 4 is 0 Å². The highest BCUT2D eigenvalue weighted by Crippen LogP contribution is 2.12. The summed E-state index contributed by atoms with van der Waals surface area (Å²) in [5.41, 5.74) is -1.29. The van der Waals surface area contributed by atoms with Crippen molar-refractivity contribution in [1.82, 2.24) is 14.5 Å². The van der Waals surface area contributed by atoms with Crippen LogP contribution in [0, 0.1) is 0 Å². The molecule has 1 heterocycles. The van der Waals surface area contributed by atoms with Gasteiger partial charge in [-0.3, -0.25) is 4.79 Å². The summed E-state index contributed by atoms with van der Waals surface area (Å²) in [5, 5.41) is 22.6. The van der Waals surface area contributed by atoms with Crippen molar-refractivity contribution in [3.8, 4) is 0 Å². The van der Waals surface area contributed by atoms with Crippen LogP contribution >= 0.6 is 0 Å². The van der Waals surface area contributed by atoms with E-state index in [-0.39, 0.29) is 11.3 Å². The topological polar surface area (TPSA) is 97.4 Å². The molecule has 0 bridgehead atoms. The molecule has 0 saturated carbocycles. The monoisotopic (exact) mass is 249 g/mol. The fourth-order valence-electron chi connectivity index (χ4n) is 1.50. The van der Waals surface area contributed by atoms with Gasteiger partial charge in [0, 0.05) is 0 Å². The van der Waals surface area contributed by atoms with Gasteiger partial charge in [0.25, 0.3) is 0 Å². The fourth-order valence-corrected chi connectivity index (χ4v) is 1.50. The van der Waals surface area contributed by atoms with Gasteiger partial charge in [0.05, 0.1) is 12.6 Å². The Balaban J connectivity index is 2.28. The average Bonchev–Trinajstić information content (AvgIpc) is 2.40. The van der Waals surface area contributed by atoms with Gasteiger partial charge in [-0.25, -0.2) is 9.48 Å². The molecule has 0 amide bonds. The standard InChI is InChI=1S/C11H11N3O4/c15-9(8-4-2-1-3-5-8)7-13-11(17)14(18)10(16)6-12-13/h1-6,9,15,18H,7H2. The Morgan fingerprint density at radius 3 is 2.56 bits per heavy atom. The molecular formula is C11H11N3O4. The zero-order valence-corrected chi connectivity index (χ0v) is 9.30. The first kappa shape index (κ1) is 12.1. The van der Waals surface area contributed by atoms with Gasteiger partial charge < -0.3 is 10.3 Å². The van der Waals surface area contributed by atoms with Crippen LogP contribution in [-0.4, -0.2) is 24.8 Å². The molecule has 0 spiro atoms. The molecular weight excluding hydrogens is 238 g/mol. The number of hydrogen-bond donors (Lipinski definition) is 2. The Hall–Kier alpha value is -2.41. The normalized spacial score (nSPS) is 12.3. The van der Waals surface area contributed by atoms with E-state index in [0.717, 1.165) is 10.9 Å². The zero-order chi connectivity index (χ0) is 13.1. The summed E-state index contributed by atoms with van der Waals surface area (Å²) in [7, 11) is 0. The number of nitrogens with zero attached hydrogens (tertiary/aromatic N) is 3. The van der Waals surface area contributed by atoms with Gasteiger partial charge in [0.15, 0.2) is 0 Å². The van der Waals surface area contributed by atoms with Gasteiger partial charge in [0.2, 0.25) is 0 Å². The van der Waals surface area contributed by atoms with Crippen LogP contribution in [0.5, 0.6) is 0 Å². The highest BCUT2D eigenvalue weighted by atomic mass is 16.5. The molecule has 1 aromatic heterocycles. The van der Waals surface area contributed by atoms with Crippen molar-refractivity contribution in [2.75, 3.05) is 0 Å². The van der Waals surface area contributed by atoms with E-state index >= 15 is 0 Å². The van der Waals surface area contributed by atoms with Crippen LogP contribution in [-0.2, 0) is 6.54 Å². The average molecular weight is 249 g/mol. The first-order valence-electron chi connectivity index (χ1n) is 5.21. The van der Waals surface area contributed by atoms with Gasteiger partial charge in [-0.05, 0) is 5.56 Å². The van der Waals surface area contributed by atoms with Crippen molar-refractivity contribution in [2.24, 2.45) is 0 Å². The molecule has 7 heteroatoms. The lowest BCUT2D eigenvalue weighted by atomic mass is 10.1. The highest BCUT2D eigenvalue weighted by Gasteiger charge is 2.11. The predicted molar refractivity (Wildman–Crippen MR) is 61.3 cm³/mol. The van der Waals surface area contributed by atoms with Crippen molar-refractivity contribution < 1.29 is 10.3 Å². The molecule has 94 valence electrons. The molecule has 18 heavy (non-hydrogen) atoms. The summed E-state index contributed by atoms with van der Waals surface area (Å²) < 4.78 is 0.768. The summed E-state index contributed by atoms with van der Waals surface area (Å²) in [5.74, 6) is 0. The van der Waals surface area contributed by atoms with Crippen LogP contribution in [0.15, 0.2) is 46.1 Å². The quantitative estimate of drug-likeness (QED) is 0.706. The molecule has 2 N–H and O–H groups in total. The summed E-state index contributed by atoms with van der Waals surface area (Å²) >= 11 is 0. The molecule has 1 unspecified atom stereocenters. The minimum atomic E-state index is -0.988. The number of aliphatic hydroxyl groups excluding tert-OH is 1. The van der Waals surface area contributed by atoms with Gasteiger partial charge in [0.1, 0.15) is 6.20 Å². The Bertz CT molecular complexity index is 647. The maximum absolute atomic E-state index is 11.5. The van der Waals surface area contributed by atoms with E-state index in [4.69, 9.17) is 5.21 Å².